The second-order valence-electron chi connectivity index (χ2n) is 4.68. The van der Waals surface area contributed by atoms with Crippen molar-refractivity contribution in [3.8, 4) is 0 Å². The molecule has 0 aliphatic rings. The highest BCUT2D eigenvalue weighted by molar-refractivity contribution is 5.70. The molecule has 1 atom stereocenters. The van der Waals surface area contributed by atoms with E-state index in [2.05, 4.69) is 5.32 Å². The van der Waals surface area contributed by atoms with Crippen molar-refractivity contribution in [1.29, 1.82) is 0 Å². The van der Waals surface area contributed by atoms with Gasteiger partial charge in [-0.05, 0) is 18.4 Å². The highest BCUT2D eigenvalue weighted by Crippen LogP contribution is 2.05. The van der Waals surface area contributed by atoms with E-state index in [9.17, 15) is 14.7 Å². The normalized spacial score (nSPS) is 11.5. The molecular formula is C15H22N2O5. The number of nitrogens with one attached hydrogen (secondary N) is 1. The van der Waals surface area contributed by atoms with E-state index in [4.69, 9.17) is 9.84 Å². The van der Waals surface area contributed by atoms with Crippen LogP contribution in [-0.2, 0) is 11.3 Å². The summed E-state index contributed by atoms with van der Waals surface area (Å²) in [7, 11) is 0. The van der Waals surface area contributed by atoms with Gasteiger partial charge in [-0.1, -0.05) is 37.3 Å². The van der Waals surface area contributed by atoms with Crippen LogP contribution in [0.5, 0.6) is 0 Å². The molecule has 7 nitrogen and oxygen atoms in total. The van der Waals surface area contributed by atoms with Gasteiger partial charge in [0.2, 0.25) is 0 Å². The van der Waals surface area contributed by atoms with Crippen LogP contribution in [0.25, 0.3) is 0 Å². The number of hydrogen-bond acceptors (Lipinski definition) is 4. The number of aliphatic hydroxyl groups excluding tert-OH is 1. The summed E-state index contributed by atoms with van der Waals surface area (Å²) < 4.78 is 5.08. The maximum absolute atomic E-state index is 11.8. The van der Waals surface area contributed by atoms with E-state index in [1.165, 1.54) is 0 Å². The van der Waals surface area contributed by atoms with Crippen LogP contribution in [0.2, 0.25) is 0 Å². The molecule has 1 aromatic rings. The summed E-state index contributed by atoms with van der Waals surface area (Å²) >= 11 is 0. The molecule has 0 fully saturated rings. The van der Waals surface area contributed by atoms with Crippen molar-refractivity contribution >= 4 is 12.2 Å². The van der Waals surface area contributed by atoms with E-state index in [1.54, 1.807) is 6.92 Å². The van der Waals surface area contributed by atoms with E-state index in [-0.39, 0.29) is 19.8 Å². The average Bonchev–Trinajstić information content (AvgIpc) is 2.52. The summed E-state index contributed by atoms with van der Waals surface area (Å²) in [5, 5.41) is 20.5. The number of carbonyl (C=O) groups excluding carboxylic acids is 1. The van der Waals surface area contributed by atoms with Gasteiger partial charge in [0.15, 0.2) is 0 Å². The van der Waals surface area contributed by atoms with E-state index < -0.39 is 18.4 Å². The summed E-state index contributed by atoms with van der Waals surface area (Å²) in [6.45, 7) is 1.91. The first-order valence-corrected chi connectivity index (χ1v) is 7.16. The van der Waals surface area contributed by atoms with Crippen molar-refractivity contribution < 1.29 is 24.5 Å². The number of carboxylic acid groups (broad SMARTS) is 1. The average molecular weight is 310 g/mol. The van der Waals surface area contributed by atoms with Crippen LogP contribution < -0.4 is 5.32 Å². The van der Waals surface area contributed by atoms with Gasteiger partial charge in [-0.25, -0.2) is 9.59 Å². The second-order valence-corrected chi connectivity index (χ2v) is 4.68. The lowest BCUT2D eigenvalue weighted by Gasteiger charge is -2.28. The predicted octanol–water partition coefficient (Wildman–Crippen LogP) is 2.01. The Bertz CT molecular complexity index is 466. The first kappa shape index (κ1) is 17.8. The maximum atomic E-state index is 11.8. The molecule has 0 aliphatic heterocycles. The molecule has 0 aliphatic carbocycles. The molecular weight excluding hydrogens is 288 g/mol. The highest BCUT2D eigenvalue weighted by atomic mass is 16.5. The number of carbonyl (C=O) groups is 2. The van der Waals surface area contributed by atoms with Crippen molar-refractivity contribution in [1.82, 2.24) is 10.2 Å². The molecule has 7 heteroatoms. The predicted molar refractivity (Wildman–Crippen MR) is 80.3 cm³/mol. The van der Waals surface area contributed by atoms with Crippen LogP contribution in [0.1, 0.15) is 25.3 Å². The molecule has 0 heterocycles. The Morgan fingerprint density at radius 2 is 2.00 bits per heavy atom. The SMILES string of the molecule is CCC(NC(=O)OCc1ccccc1)N(CCCO)C(=O)O. The van der Waals surface area contributed by atoms with Gasteiger partial charge in [-0.15, -0.1) is 0 Å². The Morgan fingerprint density at radius 3 is 2.55 bits per heavy atom. The van der Waals surface area contributed by atoms with Crippen molar-refractivity contribution in [2.24, 2.45) is 0 Å². The van der Waals surface area contributed by atoms with Crippen LogP contribution in [0.3, 0.4) is 0 Å². The van der Waals surface area contributed by atoms with Crippen LogP contribution in [-0.4, -0.2) is 46.6 Å². The number of amides is 2. The van der Waals surface area contributed by atoms with Gasteiger partial charge in [-0.3, -0.25) is 4.90 Å². The first-order valence-electron chi connectivity index (χ1n) is 7.16. The number of ether oxygens (including phenoxy) is 1. The van der Waals surface area contributed by atoms with Crippen molar-refractivity contribution in [2.45, 2.75) is 32.5 Å². The third kappa shape index (κ3) is 6.01. The minimum absolute atomic E-state index is 0.112. The molecule has 0 spiro atoms. The van der Waals surface area contributed by atoms with Crippen molar-refractivity contribution in [3.63, 3.8) is 0 Å². The Balaban J connectivity index is 2.52. The molecule has 1 rings (SSSR count). The summed E-state index contributed by atoms with van der Waals surface area (Å²) in [6.07, 6.45) is -1.80. The molecule has 0 bridgehead atoms. The highest BCUT2D eigenvalue weighted by Gasteiger charge is 2.23. The van der Waals surface area contributed by atoms with Crippen molar-refractivity contribution in [2.75, 3.05) is 13.2 Å². The number of benzene rings is 1. The van der Waals surface area contributed by atoms with Crippen LogP contribution in [0.4, 0.5) is 9.59 Å². The Morgan fingerprint density at radius 1 is 1.32 bits per heavy atom. The number of nitrogens with zero attached hydrogens (tertiary/aromatic N) is 1. The number of hydrogen-bond donors (Lipinski definition) is 3. The topological polar surface area (TPSA) is 99.1 Å². The van der Waals surface area contributed by atoms with Crippen LogP contribution >= 0.6 is 0 Å². The quantitative estimate of drug-likeness (QED) is 0.638. The maximum Gasteiger partial charge on any atom is 0.409 e. The van der Waals surface area contributed by atoms with E-state index in [1.807, 2.05) is 30.3 Å². The fourth-order valence-electron chi connectivity index (χ4n) is 1.93. The van der Waals surface area contributed by atoms with Gasteiger partial charge in [0.05, 0.1) is 0 Å². The zero-order valence-electron chi connectivity index (χ0n) is 12.6. The number of aliphatic hydroxyl groups is 1. The molecule has 1 aromatic carbocycles. The van der Waals surface area contributed by atoms with Crippen LogP contribution in [0.15, 0.2) is 30.3 Å². The first-order chi connectivity index (χ1) is 10.6. The molecule has 3 N–H and O–H groups in total. The van der Waals surface area contributed by atoms with Gasteiger partial charge in [-0.2, -0.15) is 0 Å². The Labute approximate surface area is 129 Å². The standard InChI is InChI=1S/C15H22N2O5/c1-2-13(17(15(20)21)9-6-10-18)16-14(19)22-11-12-7-4-3-5-8-12/h3-5,7-8,13,18H,2,6,9-11H2,1H3,(H,16,19)(H,20,21). The third-order valence-corrected chi connectivity index (χ3v) is 3.06. The summed E-state index contributed by atoms with van der Waals surface area (Å²) in [5.41, 5.74) is 0.848. The summed E-state index contributed by atoms with van der Waals surface area (Å²) in [4.78, 5) is 24.1. The van der Waals surface area contributed by atoms with E-state index in [0.29, 0.717) is 12.8 Å². The minimum Gasteiger partial charge on any atom is -0.465 e. The zero-order valence-corrected chi connectivity index (χ0v) is 12.6. The van der Waals surface area contributed by atoms with Gasteiger partial charge >= 0.3 is 12.2 Å². The Kier molecular flexibility index (Phi) is 7.77. The minimum atomic E-state index is -1.15. The smallest absolute Gasteiger partial charge is 0.409 e. The van der Waals surface area contributed by atoms with Gasteiger partial charge < -0.3 is 20.3 Å². The monoisotopic (exact) mass is 310 g/mol. The van der Waals surface area contributed by atoms with Gasteiger partial charge in [0.1, 0.15) is 12.8 Å². The molecule has 1 unspecified atom stereocenters. The lowest BCUT2D eigenvalue weighted by Crippen LogP contribution is -2.50. The van der Waals surface area contributed by atoms with E-state index >= 15 is 0 Å². The molecule has 22 heavy (non-hydrogen) atoms. The largest absolute Gasteiger partial charge is 0.465 e. The van der Waals surface area contributed by atoms with Crippen molar-refractivity contribution in [3.05, 3.63) is 35.9 Å². The summed E-state index contributed by atoms with van der Waals surface area (Å²) in [5.74, 6) is 0. The zero-order chi connectivity index (χ0) is 16.4. The fourth-order valence-corrected chi connectivity index (χ4v) is 1.93. The lowest BCUT2D eigenvalue weighted by molar-refractivity contribution is 0.0927. The van der Waals surface area contributed by atoms with Gasteiger partial charge in [0.25, 0.3) is 0 Å². The van der Waals surface area contributed by atoms with E-state index in [0.717, 1.165) is 10.5 Å². The third-order valence-electron chi connectivity index (χ3n) is 3.06. The number of rotatable bonds is 8. The summed E-state index contributed by atoms with van der Waals surface area (Å²) in [6, 6.07) is 9.20. The molecule has 0 radical (unpaired) electrons. The fraction of sp³-hybridized carbons (Fsp3) is 0.467. The molecule has 2 amide bonds. The molecule has 0 aromatic heterocycles. The molecule has 0 saturated heterocycles. The number of alkyl carbamates (subject to hydrolysis) is 1. The van der Waals surface area contributed by atoms with Crippen LogP contribution in [0, 0.1) is 0 Å². The van der Waals surface area contributed by atoms with Gasteiger partial charge in [0, 0.05) is 13.2 Å². The Hall–Kier alpha value is -2.28. The second kappa shape index (κ2) is 9.62. The molecule has 122 valence electrons. The lowest BCUT2D eigenvalue weighted by atomic mass is 10.2. The molecule has 0 saturated carbocycles.